The number of carboxylic acids is 2. The van der Waals surface area contributed by atoms with Gasteiger partial charge in [-0.25, -0.2) is 8.42 Å². The molecule has 4 aromatic rings. The summed E-state index contributed by atoms with van der Waals surface area (Å²) in [6, 6.07) is 19.3. The first-order chi connectivity index (χ1) is 28.4. The van der Waals surface area contributed by atoms with Crippen LogP contribution in [0.25, 0.3) is 12.2 Å². The van der Waals surface area contributed by atoms with E-state index < -0.39 is 45.4 Å². The van der Waals surface area contributed by atoms with Crippen molar-refractivity contribution in [3.63, 3.8) is 0 Å². The molecule has 0 fully saturated rings. The number of nitrogens with one attached hydrogen (secondary N) is 2. The van der Waals surface area contributed by atoms with Gasteiger partial charge < -0.3 is 57.7 Å². The number of hydrogen-bond donors (Lipinski definition) is 2. The number of carboxylic acid groups (broad SMARTS) is 2. The van der Waals surface area contributed by atoms with Gasteiger partial charge in [0.05, 0.1) is 65.7 Å². The minimum Gasteiger partial charge on any atom is -0.549 e. The molecular formula is C42H46N2Na2O14S. The number of carbonyl (C=O) groups excluding carboxylic acids is 2. The molecule has 0 saturated heterocycles. The Morgan fingerprint density at radius 3 is 1.20 bits per heavy atom. The van der Waals surface area contributed by atoms with Gasteiger partial charge in [0, 0.05) is 37.4 Å². The number of sulfone groups is 1. The standard InChI is InChI=1S/C42H48N2O14S.2Na/c1-51-31-19-35(53-3)33(36(20-31)54-4)13-15-39(27-9-7-11-29(17-27)57-25-43-23-41(45)46)59(49,50)40(28-10-8-12-30(18-28)58-26-44-24-42(47)48)16-14-34-37(55-5)21-32(52-2)22-38(34)56-6;;/h7-22,39-40,43-44H,23-26H2,1-6H3,(H,45,46)(H,47,48);;/q;2*+1/p-2/b15-13+,16-14+;;. The third kappa shape index (κ3) is 14.9. The molecule has 0 bridgehead atoms. The Bertz CT molecular complexity index is 2040. The van der Waals surface area contributed by atoms with E-state index in [2.05, 4.69) is 10.6 Å². The SMILES string of the molecule is COc1cc(OC)c(/C=C/C(c2cccc(OCNCC(=O)[O-])c2)S(=O)(=O)C(/C=C/c2c(OC)cc(OC)cc2OC)c2cccc(OCNCC(=O)[O-])c2)c(OC)c1.[Na+].[Na+]. The number of ether oxygens (including phenoxy) is 8. The average Bonchev–Trinajstić information content (AvgIpc) is 3.23. The molecule has 0 spiro atoms. The molecule has 61 heavy (non-hydrogen) atoms. The summed E-state index contributed by atoms with van der Waals surface area (Å²) in [6.07, 6.45) is 6.14. The third-order valence-electron chi connectivity index (χ3n) is 8.68. The van der Waals surface area contributed by atoms with Gasteiger partial charge in [-0.05, 0) is 47.5 Å². The minimum absolute atomic E-state index is 0. The molecule has 0 aliphatic rings. The molecule has 2 unspecified atom stereocenters. The van der Waals surface area contributed by atoms with Crippen molar-refractivity contribution in [1.29, 1.82) is 0 Å². The van der Waals surface area contributed by atoms with Crippen LogP contribution in [0.3, 0.4) is 0 Å². The number of hydrogen-bond acceptors (Lipinski definition) is 16. The number of methoxy groups -OCH3 is 6. The largest absolute Gasteiger partial charge is 1.00 e. The van der Waals surface area contributed by atoms with Crippen LogP contribution in [0.4, 0.5) is 0 Å². The summed E-state index contributed by atoms with van der Waals surface area (Å²) >= 11 is 0. The van der Waals surface area contributed by atoms with E-state index in [1.165, 1.54) is 66.9 Å². The monoisotopic (exact) mass is 880 g/mol. The molecule has 0 radical (unpaired) electrons. The van der Waals surface area contributed by atoms with Crippen LogP contribution >= 0.6 is 0 Å². The first-order valence-corrected chi connectivity index (χ1v) is 19.5. The summed E-state index contributed by atoms with van der Waals surface area (Å²) in [5.41, 5.74) is 1.44. The summed E-state index contributed by atoms with van der Waals surface area (Å²) in [5, 5.41) is 24.2. The van der Waals surface area contributed by atoms with E-state index in [1.54, 1.807) is 72.8 Å². The molecule has 0 heterocycles. The summed E-state index contributed by atoms with van der Waals surface area (Å²) in [4.78, 5) is 21.9. The van der Waals surface area contributed by atoms with E-state index in [0.717, 1.165) is 0 Å². The van der Waals surface area contributed by atoms with Crippen molar-refractivity contribution in [2.24, 2.45) is 0 Å². The van der Waals surface area contributed by atoms with Gasteiger partial charge in [0.25, 0.3) is 0 Å². The summed E-state index contributed by atoms with van der Waals surface area (Å²) in [5.74, 6) is 0.127. The molecule has 2 atom stereocenters. The van der Waals surface area contributed by atoms with E-state index in [0.29, 0.717) is 56.8 Å². The fourth-order valence-corrected chi connectivity index (χ4v) is 7.84. The van der Waals surface area contributed by atoms with Gasteiger partial charge in [-0.2, -0.15) is 0 Å². The average molecular weight is 881 g/mol. The molecule has 0 aromatic heterocycles. The van der Waals surface area contributed by atoms with Crippen LogP contribution in [0.5, 0.6) is 46.0 Å². The molecule has 0 aliphatic carbocycles. The summed E-state index contributed by atoms with van der Waals surface area (Å²) in [6.45, 7) is -1.32. The molecular weight excluding hydrogens is 835 g/mol. The number of benzene rings is 4. The van der Waals surface area contributed by atoms with E-state index in [4.69, 9.17) is 37.9 Å². The summed E-state index contributed by atoms with van der Waals surface area (Å²) in [7, 11) is 4.40. The maximum Gasteiger partial charge on any atom is 1.00 e. The van der Waals surface area contributed by atoms with Crippen LogP contribution in [0, 0.1) is 0 Å². The zero-order valence-electron chi connectivity index (χ0n) is 35.3. The number of aliphatic carboxylic acids is 2. The Kier molecular flexibility index (Phi) is 22.6. The van der Waals surface area contributed by atoms with Crippen LogP contribution in [0.2, 0.25) is 0 Å². The van der Waals surface area contributed by atoms with Gasteiger partial charge in [-0.15, -0.1) is 0 Å². The van der Waals surface area contributed by atoms with Gasteiger partial charge in [-0.3, -0.25) is 10.6 Å². The van der Waals surface area contributed by atoms with Crippen LogP contribution in [-0.4, -0.2) is 89.6 Å². The van der Waals surface area contributed by atoms with Crippen molar-refractivity contribution in [3.05, 3.63) is 107 Å². The molecule has 19 heteroatoms. The first-order valence-electron chi connectivity index (χ1n) is 17.8. The van der Waals surface area contributed by atoms with Crippen molar-refractivity contribution < 1.29 is 125 Å². The van der Waals surface area contributed by atoms with Crippen molar-refractivity contribution in [2.45, 2.75) is 10.5 Å². The molecule has 316 valence electrons. The van der Waals surface area contributed by atoms with Gasteiger partial charge >= 0.3 is 59.1 Å². The Morgan fingerprint density at radius 2 is 0.902 bits per heavy atom. The second-order valence-corrected chi connectivity index (χ2v) is 14.6. The maximum absolute atomic E-state index is 15.5. The van der Waals surface area contributed by atoms with Gasteiger partial charge in [0.1, 0.15) is 70.0 Å². The van der Waals surface area contributed by atoms with Gasteiger partial charge in [-0.1, -0.05) is 36.4 Å². The quantitative estimate of drug-likeness (QED) is 0.0402. The van der Waals surface area contributed by atoms with Crippen molar-refractivity contribution in [2.75, 3.05) is 69.2 Å². The zero-order chi connectivity index (χ0) is 43.0. The maximum atomic E-state index is 15.5. The second kappa shape index (κ2) is 26.1. The van der Waals surface area contributed by atoms with Gasteiger partial charge in [0.2, 0.25) is 0 Å². The Balaban J connectivity index is 0.00000641. The normalized spacial score (nSPS) is 12.0. The fourth-order valence-electron chi connectivity index (χ4n) is 5.88. The first kappa shape index (κ1) is 52.7. The predicted molar refractivity (Wildman–Crippen MR) is 215 cm³/mol. The molecule has 0 saturated carbocycles. The van der Waals surface area contributed by atoms with Crippen molar-refractivity contribution >= 4 is 33.9 Å². The third-order valence-corrected chi connectivity index (χ3v) is 11.0. The van der Waals surface area contributed by atoms with E-state index >= 15 is 8.42 Å². The number of carbonyl (C=O) groups is 2. The molecule has 0 aliphatic heterocycles. The van der Waals surface area contributed by atoms with Crippen LogP contribution < -0.4 is 118 Å². The Labute approximate surface area is 399 Å². The van der Waals surface area contributed by atoms with E-state index in [1.807, 2.05) is 0 Å². The Hall–Kier alpha value is -4.43. The predicted octanol–water partition coefficient (Wildman–Crippen LogP) is -3.28. The van der Waals surface area contributed by atoms with Gasteiger partial charge in [0.15, 0.2) is 9.84 Å². The smallest absolute Gasteiger partial charge is 0.549 e. The molecule has 2 N–H and O–H groups in total. The molecule has 16 nitrogen and oxygen atoms in total. The molecule has 0 amide bonds. The van der Waals surface area contributed by atoms with E-state index in [-0.39, 0.29) is 84.1 Å². The summed E-state index contributed by atoms with van der Waals surface area (Å²) < 4.78 is 75.8. The van der Waals surface area contributed by atoms with Crippen molar-refractivity contribution in [3.8, 4) is 46.0 Å². The second-order valence-electron chi connectivity index (χ2n) is 12.4. The molecule has 4 aromatic carbocycles. The van der Waals surface area contributed by atoms with E-state index in [9.17, 15) is 19.8 Å². The van der Waals surface area contributed by atoms with Crippen molar-refractivity contribution in [1.82, 2.24) is 10.6 Å². The zero-order valence-corrected chi connectivity index (χ0v) is 40.2. The topological polar surface area (TPSA) is 212 Å². The minimum atomic E-state index is -4.42. The van der Waals surface area contributed by atoms with Crippen LogP contribution in [-0.2, 0) is 19.4 Å². The molecule has 4 rings (SSSR count). The Morgan fingerprint density at radius 1 is 0.557 bits per heavy atom. The van der Waals surface area contributed by atoms with Crippen LogP contribution in [0.15, 0.2) is 84.9 Å². The van der Waals surface area contributed by atoms with Crippen LogP contribution in [0.1, 0.15) is 32.8 Å². The fraction of sp³-hybridized carbons (Fsp3) is 0.286. The number of rotatable bonds is 24.